The van der Waals surface area contributed by atoms with Crippen molar-refractivity contribution in [3.05, 3.63) is 210 Å². The molecule has 8 aromatic rings. The van der Waals surface area contributed by atoms with Crippen LogP contribution < -0.4 is 4.90 Å². The molecule has 2 heteroatoms. The second-order valence-electron chi connectivity index (χ2n) is 15.0. The van der Waals surface area contributed by atoms with Crippen molar-refractivity contribution in [1.82, 2.24) is 4.57 Å². The maximum absolute atomic E-state index is 2.43. The van der Waals surface area contributed by atoms with E-state index in [2.05, 4.69) is 211 Å². The molecule has 53 heavy (non-hydrogen) atoms. The molecular formula is C51H40N2. The minimum absolute atomic E-state index is 0.0842. The van der Waals surface area contributed by atoms with Gasteiger partial charge in [0.15, 0.2) is 0 Å². The molecule has 0 N–H and O–H groups in total. The van der Waals surface area contributed by atoms with Gasteiger partial charge in [0.25, 0.3) is 0 Å². The molecule has 0 radical (unpaired) electrons. The van der Waals surface area contributed by atoms with Gasteiger partial charge in [0.2, 0.25) is 0 Å². The SMILES string of the molecule is CC1(C)c2ccccc2-c2ccc(N(c3ccc(C4C=Cc5c(c6ccccc6n5-c5ccccc5)C4)cc3)c3cccc(-c4ccccc4)c3)cc21. The number of hydrogen-bond acceptors (Lipinski definition) is 1. The minimum atomic E-state index is -0.0842. The third-order valence-corrected chi connectivity index (χ3v) is 11.6. The van der Waals surface area contributed by atoms with Crippen LogP contribution in [0, 0.1) is 0 Å². The fourth-order valence-electron chi connectivity index (χ4n) is 8.90. The van der Waals surface area contributed by atoms with E-state index in [1.807, 2.05) is 0 Å². The lowest BCUT2D eigenvalue weighted by Gasteiger charge is -2.29. The van der Waals surface area contributed by atoms with Gasteiger partial charge >= 0.3 is 0 Å². The van der Waals surface area contributed by atoms with Crippen molar-refractivity contribution in [2.24, 2.45) is 0 Å². The van der Waals surface area contributed by atoms with Crippen LogP contribution in [-0.2, 0) is 11.8 Å². The molecule has 0 aliphatic heterocycles. The summed E-state index contributed by atoms with van der Waals surface area (Å²) in [7, 11) is 0. The van der Waals surface area contributed by atoms with Gasteiger partial charge in [-0.3, -0.25) is 0 Å². The van der Waals surface area contributed by atoms with E-state index in [1.54, 1.807) is 0 Å². The molecule has 1 unspecified atom stereocenters. The highest BCUT2D eigenvalue weighted by molar-refractivity contribution is 5.91. The number of nitrogens with zero attached hydrogens (tertiary/aromatic N) is 2. The summed E-state index contributed by atoms with van der Waals surface area (Å²) in [4.78, 5) is 2.43. The molecule has 0 amide bonds. The highest BCUT2D eigenvalue weighted by Crippen LogP contribution is 2.51. The van der Waals surface area contributed by atoms with Crippen LogP contribution in [0.5, 0.6) is 0 Å². The standard InChI is InChI=1S/C51H40N2/c1-51(2)47-22-11-9-20-43(47)44-30-29-42(34-48(44)51)52(41-19-13-16-37(32-41)35-14-5-3-6-15-35)40-27-24-36(25-28-40)38-26-31-50-46(33-38)45-21-10-12-23-49(45)53(50)39-17-7-4-8-18-39/h3-32,34,38H,33H2,1-2H3. The van der Waals surface area contributed by atoms with E-state index < -0.39 is 0 Å². The van der Waals surface area contributed by atoms with Crippen LogP contribution in [0.1, 0.15) is 47.7 Å². The van der Waals surface area contributed by atoms with Crippen molar-refractivity contribution in [2.45, 2.75) is 31.6 Å². The van der Waals surface area contributed by atoms with Gasteiger partial charge in [-0.2, -0.15) is 0 Å². The first-order valence-corrected chi connectivity index (χ1v) is 18.7. The molecule has 2 nitrogen and oxygen atoms in total. The van der Waals surface area contributed by atoms with Gasteiger partial charge in [-0.1, -0.05) is 141 Å². The first kappa shape index (κ1) is 31.4. The molecule has 0 fully saturated rings. The molecule has 1 heterocycles. The van der Waals surface area contributed by atoms with Crippen molar-refractivity contribution in [3.63, 3.8) is 0 Å². The quantitative estimate of drug-likeness (QED) is 0.170. The molecule has 1 atom stereocenters. The number of fused-ring (bicyclic) bond motifs is 6. The Kier molecular flexibility index (Phi) is 7.33. The van der Waals surface area contributed by atoms with E-state index in [-0.39, 0.29) is 5.41 Å². The number of allylic oxidation sites excluding steroid dienone is 1. The molecule has 2 aliphatic rings. The Morgan fingerprint density at radius 1 is 0.547 bits per heavy atom. The largest absolute Gasteiger partial charge is 0.310 e. The second-order valence-corrected chi connectivity index (χ2v) is 15.0. The van der Waals surface area contributed by atoms with Crippen LogP contribution in [-0.4, -0.2) is 4.57 Å². The molecule has 0 spiro atoms. The van der Waals surface area contributed by atoms with Gasteiger partial charge in [-0.15, -0.1) is 0 Å². The zero-order valence-corrected chi connectivity index (χ0v) is 30.1. The minimum Gasteiger partial charge on any atom is -0.310 e. The first-order chi connectivity index (χ1) is 26.0. The summed E-state index contributed by atoms with van der Waals surface area (Å²) in [5, 5.41) is 1.34. The van der Waals surface area contributed by atoms with E-state index >= 15 is 0 Å². The fourth-order valence-corrected chi connectivity index (χ4v) is 8.90. The molecule has 1 aromatic heterocycles. The Morgan fingerprint density at radius 3 is 2.04 bits per heavy atom. The van der Waals surface area contributed by atoms with Crippen molar-refractivity contribution in [1.29, 1.82) is 0 Å². The molecular weight excluding hydrogens is 641 g/mol. The van der Waals surface area contributed by atoms with Crippen LogP contribution in [0.4, 0.5) is 17.1 Å². The van der Waals surface area contributed by atoms with E-state index in [0.29, 0.717) is 5.92 Å². The lowest BCUT2D eigenvalue weighted by atomic mass is 9.82. The van der Waals surface area contributed by atoms with E-state index in [4.69, 9.17) is 0 Å². The average molecular weight is 681 g/mol. The second kappa shape index (κ2) is 12.4. The number of rotatable bonds is 6. The predicted molar refractivity (Wildman–Crippen MR) is 223 cm³/mol. The van der Waals surface area contributed by atoms with Gasteiger partial charge in [-0.25, -0.2) is 0 Å². The summed E-state index contributed by atoms with van der Waals surface area (Å²) in [5.74, 6) is 0.292. The van der Waals surface area contributed by atoms with E-state index in [9.17, 15) is 0 Å². The van der Waals surface area contributed by atoms with Crippen molar-refractivity contribution < 1.29 is 0 Å². The van der Waals surface area contributed by atoms with E-state index in [0.717, 1.165) is 17.8 Å². The number of anilines is 3. The zero-order valence-electron chi connectivity index (χ0n) is 30.1. The number of benzene rings is 7. The zero-order chi connectivity index (χ0) is 35.5. The summed E-state index contributed by atoms with van der Waals surface area (Å²) in [5.41, 5.74) is 17.7. The number of para-hydroxylation sites is 2. The Bertz CT molecular complexity index is 2660. The molecule has 7 aromatic carbocycles. The molecule has 2 aliphatic carbocycles. The summed E-state index contributed by atoms with van der Waals surface area (Å²) in [6, 6.07) is 64.5. The highest BCUT2D eigenvalue weighted by Gasteiger charge is 2.35. The van der Waals surface area contributed by atoms with Crippen LogP contribution in [0.2, 0.25) is 0 Å². The molecule has 10 rings (SSSR count). The van der Waals surface area contributed by atoms with Gasteiger partial charge in [0, 0.05) is 45.2 Å². The number of aromatic nitrogens is 1. The van der Waals surface area contributed by atoms with Crippen LogP contribution >= 0.6 is 0 Å². The fraction of sp³-hybridized carbons (Fsp3) is 0.0980. The Morgan fingerprint density at radius 2 is 1.21 bits per heavy atom. The maximum Gasteiger partial charge on any atom is 0.0537 e. The molecule has 0 saturated heterocycles. The van der Waals surface area contributed by atoms with Crippen molar-refractivity contribution in [3.8, 4) is 27.9 Å². The Hall–Kier alpha value is -6.38. The van der Waals surface area contributed by atoms with Gasteiger partial charge in [-0.05, 0) is 112 Å². The summed E-state index contributed by atoms with van der Waals surface area (Å²) in [6.07, 6.45) is 5.71. The summed E-state index contributed by atoms with van der Waals surface area (Å²) in [6.45, 7) is 4.72. The van der Waals surface area contributed by atoms with Gasteiger partial charge in [0.1, 0.15) is 0 Å². The van der Waals surface area contributed by atoms with Crippen molar-refractivity contribution >= 4 is 34.0 Å². The van der Waals surface area contributed by atoms with E-state index in [1.165, 1.54) is 72.5 Å². The van der Waals surface area contributed by atoms with Gasteiger partial charge < -0.3 is 9.47 Å². The highest BCUT2D eigenvalue weighted by atomic mass is 15.1. The number of hydrogen-bond donors (Lipinski definition) is 0. The topological polar surface area (TPSA) is 8.17 Å². The lowest BCUT2D eigenvalue weighted by molar-refractivity contribution is 0.660. The average Bonchev–Trinajstić information content (AvgIpc) is 3.67. The molecule has 254 valence electrons. The smallest absolute Gasteiger partial charge is 0.0537 e. The van der Waals surface area contributed by atoms with Crippen LogP contribution in [0.3, 0.4) is 0 Å². The third kappa shape index (κ3) is 5.17. The van der Waals surface area contributed by atoms with Crippen LogP contribution in [0.25, 0.3) is 44.9 Å². The third-order valence-electron chi connectivity index (χ3n) is 11.6. The lowest BCUT2D eigenvalue weighted by Crippen LogP contribution is -2.16. The monoisotopic (exact) mass is 680 g/mol. The van der Waals surface area contributed by atoms with Crippen LogP contribution in [0.15, 0.2) is 182 Å². The van der Waals surface area contributed by atoms with Crippen molar-refractivity contribution in [2.75, 3.05) is 4.90 Å². The normalized spacial score (nSPS) is 15.2. The summed E-state index contributed by atoms with van der Waals surface area (Å²) < 4.78 is 2.42. The molecule has 0 saturated carbocycles. The Labute approximate surface area is 311 Å². The first-order valence-electron chi connectivity index (χ1n) is 18.7. The predicted octanol–water partition coefficient (Wildman–Crippen LogP) is 13.4. The summed E-state index contributed by atoms with van der Waals surface area (Å²) >= 11 is 0. The maximum atomic E-state index is 2.43. The molecule has 0 bridgehead atoms. The van der Waals surface area contributed by atoms with Gasteiger partial charge in [0.05, 0.1) is 5.52 Å². The Balaban J connectivity index is 1.05.